The van der Waals surface area contributed by atoms with E-state index in [2.05, 4.69) is 15.3 Å². The van der Waals surface area contributed by atoms with Crippen LogP contribution in [0.4, 0.5) is 11.5 Å². The van der Waals surface area contributed by atoms with E-state index < -0.39 is 10.0 Å². The van der Waals surface area contributed by atoms with Gasteiger partial charge in [-0.1, -0.05) is 12.2 Å². The second-order valence-corrected chi connectivity index (χ2v) is 5.85. The Morgan fingerprint density at radius 1 is 1.15 bits per heavy atom. The van der Waals surface area contributed by atoms with Crippen LogP contribution in [-0.4, -0.2) is 23.4 Å². The quantitative estimate of drug-likeness (QED) is 0.702. The largest absolute Gasteiger partial charge is 0.388 e. The number of benzene rings is 1. The molecule has 0 unspecified atom stereocenters. The molecular weight excluding hydrogens is 298 g/mol. The number of hydrogen-bond donors (Lipinski definition) is 3. The summed E-state index contributed by atoms with van der Waals surface area (Å²) in [5.41, 5.74) is 6.49. The summed E-state index contributed by atoms with van der Waals surface area (Å²) in [6.07, 6.45) is 2.92. The van der Waals surface area contributed by atoms with Crippen molar-refractivity contribution in [2.45, 2.75) is 4.90 Å². The molecule has 9 heteroatoms. The van der Waals surface area contributed by atoms with Crippen molar-refractivity contribution < 1.29 is 8.42 Å². The number of primary sulfonamides is 1. The van der Waals surface area contributed by atoms with Gasteiger partial charge >= 0.3 is 0 Å². The van der Waals surface area contributed by atoms with Gasteiger partial charge in [-0.3, -0.25) is 0 Å². The number of thiocarbonyl (C=S) groups is 1. The molecule has 0 fully saturated rings. The van der Waals surface area contributed by atoms with Crippen LogP contribution in [0.2, 0.25) is 0 Å². The molecule has 0 aliphatic rings. The number of rotatable bonds is 4. The van der Waals surface area contributed by atoms with Gasteiger partial charge in [-0.25, -0.2) is 23.5 Å². The van der Waals surface area contributed by atoms with Crippen LogP contribution in [-0.2, 0) is 10.0 Å². The molecule has 7 nitrogen and oxygen atoms in total. The molecule has 0 saturated carbocycles. The van der Waals surface area contributed by atoms with Crippen molar-refractivity contribution in [1.82, 2.24) is 9.97 Å². The minimum absolute atomic E-state index is 0.0398. The highest BCUT2D eigenvalue weighted by molar-refractivity contribution is 7.89. The molecule has 0 amide bonds. The molecule has 0 spiro atoms. The summed E-state index contributed by atoms with van der Waals surface area (Å²) in [7, 11) is -3.69. The maximum atomic E-state index is 11.1. The van der Waals surface area contributed by atoms with Crippen LogP contribution in [0.15, 0.2) is 41.6 Å². The first kappa shape index (κ1) is 14.3. The number of nitrogens with two attached hydrogens (primary N) is 2. The van der Waals surface area contributed by atoms with Crippen LogP contribution in [0, 0.1) is 0 Å². The lowest BCUT2D eigenvalue weighted by molar-refractivity contribution is 0.598. The first-order valence-electron chi connectivity index (χ1n) is 5.38. The standard InChI is InChI=1S/C11H11N5O2S2/c12-11(19)9-5-15-10(6-14-9)16-7-1-3-8(4-2-7)20(13,17)18/h1-6H,(H2,12,19)(H,15,16)(H2,13,17,18). The van der Waals surface area contributed by atoms with Gasteiger partial charge in [0.2, 0.25) is 10.0 Å². The van der Waals surface area contributed by atoms with Crippen LogP contribution >= 0.6 is 12.2 Å². The van der Waals surface area contributed by atoms with Crippen molar-refractivity contribution in [2.24, 2.45) is 10.9 Å². The van der Waals surface area contributed by atoms with Crippen molar-refractivity contribution in [3.05, 3.63) is 42.4 Å². The molecule has 0 bridgehead atoms. The summed E-state index contributed by atoms with van der Waals surface area (Å²) in [6.45, 7) is 0. The number of nitrogens with zero attached hydrogens (tertiary/aromatic N) is 2. The van der Waals surface area contributed by atoms with Crippen molar-refractivity contribution in [3.63, 3.8) is 0 Å². The Hall–Kier alpha value is -2.10. The van der Waals surface area contributed by atoms with Gasteiger partial charge in [-0.05, 0) is 24.3 Å². The third-order valence-corrected chi connectivity index (χ3v) is 3.50. The lowest BCUT2D eigenvalue weighted by Gasteiger charge is -2.06. The lowest BCUT2D eigenvalue weighted by atomic mass is 10.3. The molecular formula is C11H11N5O2S2. The van der Waals surface area contributed by atoms with Crippen LogP contribution in [0.3, 0.4) is 0 Å². The van der Waals surface area contributed by atoms with E-state index in [1.807, 2.05) is 0 Å². The maximum absolute atomic E-state index is 11.1. The topological polar surface area (TPSA) is 124 Å². The third-order valence-electron chi connectivity index (χ3n) is 2.36. The predicted octanol–water partition coefficient (Wildman–Crippen LogP) is 0.502. The second kappa shape index (κ2) is 5.49. The van der Waals surface area contributed by atoms with Gasteiger partial charge in [0.1, 0.15) is 16.5 Å². The Labute approximate surface area is 121 Å². The molecule has 104 valence electrons. The van der Waals surface area contributed by atoms with Gasteiger partial charge in [0, 0.05) is 5.69 Å². The molecule has 0 atom stereocenters. The predicted molar refractivity (Wildman–Crippen MR) is 79.0 cm³/mol. The molecule has 5 N–H and O–H groups in total. The minimum atomic E-state index is -3.69. The Bertz CT molecular complexity index is 726. The SMILES string of the molecule is NC(=S)c1cnc(Nc2ccc(S(N)(=O)=O)cc2)cn1. The van der Waals surface area contributed by atoms with E-state index in [1.54, 1.807) is 12.1 Å². The summed E-state index contributed by atoms with van der Waals surface area (Å²) >= 11 is 4.77. The van der Waals surface area contributed by atoms with E-state index in [4.69, 9.17) is 23.1 Å². The molecule has 0 aliphatic heterocycles. The molecule has 2 rings (SSSR count). The van der Waals surface area contributed by atoms with Crippen LogP contribution in [0.5, 0.6) is 0 Å². The van der Waals surface area contributed by atoms with E-state index in [9.17, 15) is 8.42 Å². The third kappa shape index (κ3) is 3.47. The molecule has 20 heavy (non-hydrogen) atoms. The van der Waals surface area contributed by atoms with Crippen molar-refractivity contribution in [2.75, 3.05) is 5.32 Å². The van der Waals surface area contributed by atoms with Crippen molar-refractivity contribution in [3.8, 4) is 0 Å². The van der Waals surface area contributed by atoms with Crippen LogP contribution in [0.25, 0.3) is 0 Å². The fraction of sp³-hybridized carbons (Fsp3) is 0. The Morgan fingerprint density at radius 3 is 2.25 bits per heavy atom. The van der Waals surface area contributed by atoms with Gasteiger partial charge in [-0.2, -0.15) is 0 Å². The van der Waals surface area contributed by atoms with E-state index in [1.165, 1.54) is 24.5 Å². The zero-order valence-electron chi connectivity index (χ0n) is 10.1. The summed E-state index contributed by atoms with van der Waals surface area (Å²) in [6, 6.07) is 5.94. The number of nitrogens with one attached hydrogen (secondary N) is 1. The molecule has 2 aromatic rings. The number of anilines is 2. The molecule has 1 aromatic heterocycles. The fourth-order valence-corrected chi connectivity index (χ4v) is 2.02. The highest BCUT2D eigenvalue weighted by Gasteiger charge is 2.07. The minimum Gasteiger partial charge on any atom is -0.388 e. The van der Waals surface area contributed by atoms with Crippen molar-refractivity contribution >= 4 is 38.7 Å². The average Bonchev–Trinajstić information content (AvgIpc) is 2.39. The summed E-state index contributed by atoms with van der Waals surface area (Å²) < 4.78 is 22.2. The van der Waals surface area contributed by atoms with Crippen LogP contribution < -0.4 is 16.2 Å². The monoisotopic (exact) mass is 309 g/mol. The molecule has 1 aromatic carbocycles. The van der Waals surface area contributed by atoms with E-state index in [0.29, 0.717) is 17.2 Å². The highest BCUT2D eigenvalue weighted by atomic mass is 32.2. The summed E-state index contributed by atoms with van der Waals surface area (Å²) in [5, 5.41) is 7.97. The molecule has 1 heterocycles. The Morgan fingerprint density at radius 2 is 1.80 bits per heavy atom. The fourth-order valence-electron chi connectivity index (χ4n) is 1.40. The number of hydrogen-bond acceptors (Lipinski definition) is 6. The molecule has 0 radical (unpaired) electrons. The zero-order valence-corrected chi connectivity index (χ0v) is 11.8. The van der Waals surface area contributed by atoms with Gasteiger partial charge < -0.3 is 11.1 Å². The van der Waals surface area contributed by atoms with E-state index in [-0.39, 0.29) is 9.88 Å². The first-order valence-corrected chi connectivity index (χ1v) is 7.33. The average molecular weight is 309 g/mol. The Balaban J connectivity index is 2.16. The van der Waals surface area contributed by atoms with Gasteiger partial charge in [-0.15, -0.1) is 0 Å². The van der Waals surface area contributed by atoms with Gasteiger partial charge in [0.15, 0.2) is 0 Å². The number of aromatic nitrogens is 2. The summed E-state index contributed by atoms with van der Waals surface area (Å²) in [5.74, 6) is 0.480. The van der Waals surface area contributed by atoms with E-state index in [0.717, 1.165) is 0 Å². The van der Waals surface area contributed by atoms with E-state index >= 15 is 0 Å². The number of sulfonamides is 1. The van der Waals surface area contributed by atoms with Gasteiger partial charge in [0.25, 0.3) is 0 Å². The highest BCUT2D eigenvalue weighted by Crippen LogP contribution is 2.16. The van der Waals surface area contributed by atoms with Gasteiger partial charge in [0.05, 0.1) is 17.3 Å². The lowest BCUT2D eigenvalue weighted by Crippen LogP contribution is -2.12. The van der Waals surface area contributed by atoms with Crippen molar-refractivity contribution in [1.29, 1.82) is 0 Å². The zero-order chi connectivity index (χ0) is 14.8. The summed E-state index contributed by atoms with van der Waals surface area (Å²) in [4.78, 5) is 8.31. The smallest absolute Gasteiger partial charge is 0.238 e. The normalized spacial score (nSPS) is 11.1. The maximum Gasteiger partial charge on any atom is 0.238 e. The Kier molecular flexibility index (Phi) is 3.93. The molecule has 0 aliphatic carbocycles. The first-order chi connectivity index (χ1) is 9.36. The second-order valence-electron chi connectivity index (χ2n) is 3.85. The van der Waals surface area contributed by atoms with Crippen LogP contribution in [0.1, 0.15) is 5.69 Å². The molecule has 0 saturated heterocycles.